The summed E-state index contributed by atoms with van der Waals surface area (Å²) in [5.74, 6) is -2.73. The van der Waals surface area contributed by atoms with E-state index in [1.165, 1.54) is 14.2 Å². The van der Waals surface area contributed by atoms with Gasteiger partial charge >= 0.3 is 11.9 Å². The number of methoxy groups -OCH3 is 2. The Balaban J connectivity index is 2.57. The second kappa shape index (κ2) is 7.67. The summed E-state index contributed by atoms with van der Waals surface area (Å²) in [6.45, 7) is 2.50. The van der Waals surface area contributed by atoms with Gasteiger partial charge in [-0.2, -0.15) is 0 Å². The molecule has 2 rings (SSSR count). The van der Waals surface area contributed by atoms with Crippen LogP contribution < -0.4 is 0 Å². The van der Waals surface area contributed by atoms with Gasteiger partial charge in [0, 0.05) is 0 Å². The average Bonchev–Trinajstić information content (AvgIpc) is 2.55. The van der Waals surface area contributed by atoms with Crippen LogP contribution in [0.2, 0.25) is 5.15 Å². The molecule has 1 aliphatic rings. The summed E-state index contributed by atoms with van der Waals surface area (Å²) >= 11 is 6.19. The molecule has 1 aromatic rings. The van der Waals surface area contributed by atoms with Gasteiger partial charge in [-0.15, -0.1) is 0 Å². The summed E-state index contributed by atoms with van der Waals surface area (Å²) in [4.78, 5) is 32.4. The molecule has 2 heterocycles. The van der Waals surface area contributed by atoms with Gasteiger partial charge in [0.2, 0.25) is 0 Å². The zero-order valence-electron chi connectivity index (χ0n) is 13.0. The summed E-state index contributed by atoms with van der Waals surface area (Å²) in [5, 5.41) is 0.0530. The highest BCUT2D eigenvalue weighted by Crippen LogP contribution is 2.34. The van der Waals surface area contributed by atoms with E-state index in [0.29, 0.717) is 19.0 Å². The Labute approximate surface area is 138 Å². The van der Waals surface area contributed by atoms with Gasteiger partial charge in [0.1, 0.15) is 11.0 Å². The molecule has 0 N–H and O–H groups in total. The zero-order chi connectivity index (χ0) is 17.0. The maximum Gasteiger partial charge on any atom is 0.326 e. The first-order valence-corrected chi connectivity index (χ1v) is 7.30. The first-order chi connectivity index (χ1) is 11.0. The van der Waals surface area contributed by atoms with E-state index in [2.05, 4.69) is 19.4 Å². The lowest BCUT2D eigenvalue weighted by molar-refractivity contribution is -0.183. The summed E-state index contributed by atoms with van der Waals surface area (Å²) in [7, 11) is 2.34. The largest absolute Gasteiger partial charge is 0.468 e. The molecule has 8 nitrogen and oxygen atoms in total. The molecule has 1 saturated heterocycles. The number of nitrogens with zero attached hydrogens (tertiary/aromatic N) is 2. The van der Waals surface area contributed by atoms with Gasteiger partial charge in [0.05, 0.1) is 38.7 Å². The molecular weight excluding hydrogens is 328 g/mol. The maximum atomic E-state index is 12.1. The Morgan fingerprint density at radius 1 is 1.17 bits per heavy atom. The lowest BCUT2D eigenvalue weighted by atomic mass is 10.00. The van der Waals surface area contributed by atoms with Crippen LogP contribution in [0.4, 0.5) is 0 Å². The van der Waals surface area contributed by atoms with Crippen LogP contribution in [0.15, 0.2) is 0 Å². The fourth-order valence-electron chi connectivity index (χ4n) is 2.22. The van der Waals surface area contributed by atoms with Crippen molar-refractivity contribution in [2.45, 2.75) is 25.6 Å². The molecule has 9 heteroatoms. The molecular formula is C14H17ClN2O6. The minimum Gasteiger partial charge on any atom is -0.468 e. The highest BCUT2D eigenvalue weighted by molar-refractivity contribution is 6.30. The topological polar surface area (TPSA) is 96.8 Å². The van der Waals surface area contributed by atoms with E-state index in [4.69, 9.17) is 21.1 Å². The quantitative estimate of drug-likeness (QED) is 0.458. The van der Waals surface area contributed by atoms with Crippen molar-refractivity contribution in [3.8, 4) is 0 Å². The second-order valence-corrected chi connectivity index (χ2v) is 5.12. The molecule has 0 aliphatic carbocycles. The van der Waals surface area contributed by atoms with Crippen LogP contribution in [0.25, 0.3) is 0 Å². The highest BCUT2D eigenvalue weighted by Gasteiger charge is 2.38. The summed E-state index contributed by atoms with van der Waals surface area (Å²) in [6, 6.07) is 0. The number of aryl methyl sites for hydroxylation is 1. The monoisotopic (exact) mass is 344 g/mol. The molecule has 0 aromatic carbocycles. The predicted octanol–water partition coefficient (Wildman–Crippen LogP) is 1.30. The number of hydrogen-bond acceptors (Lipinski definition) is 8. The van der Waals surface area contributed by atoms with Crippen LogP contribution >= 0.6 is 11.6 Å². The van der Waals surface area contributed by atoms with Crippen molar-refractivity contribution in [3.05, 3.63) is 22.2 Å². The van der Waals surface area contributed by atoms with Gasteiger partial charge in [-0.1, -0.05) is 11.6 Å². The number of carbonyl (C=O) groups excluding carboxylic acids is 2. The molecule has 1 fully saturated rings. The highest BCUT2D eigenvalue weighted by atomic mass is 35.5. The maximum absolute atomic E-state index is 12.1. The molecule has 126 valence electrons. The van der Waals surface area contributed by atoms with E-state index in [1.54, 1.807) is 6.92 Å². The molecule has 23 heavy (non-hydrogen) atoms. The number of carbonyl (C=O) groups is 2. The molecule has 0 radical (unpaired) electrons. The van der Waals surface area contributed by atoms with Crippen molar-refractivity contribution in [3.63, 3.8) is 0 Å². The number of aromatic nitrogens is 2. The van der Waals surface area contributed by atoms with Crippen LogP contribution in [0.5, 0.6) is 0 Å². The Hall–Kier alpha value is -1.77. The Bertz CT molecular complexity index is 587. The van der Waals surface area contributed by atoms with Crippen LogP contribution in [0.1, 0.15) is 35.7 Å². The smallest absolute Gasteiger partial charge is 0.326 e. The number of halogens is 1. The molecule has 0 unspecified atom stereocenters. The fourth-order valence-corrected chi connectivity index (χ4v) is 2.52. The lowest BCUT2D eigenvalue weighted by Gasteiger charge is -2.26. The Kier molecular flexibility index (Phi) is 5.86. The van der Waals surface area contributed by atoms with Gasteiger partial charge in [-0.05, 0) is 13.3 Å². The first kappa shape index (κ1) is 17.6. The third kappa shape index (κ3) is 3.77. The predicted molar refractivity (Wildman–Crippen MR) is 77.8 cm³/mol. The van der Waals surface area contributed by atoms with Gasteiger partial charge in [0.15, 0.2) is 12.2 Å². The molecule has 1 aromatic heterocycles. The van der Waals surface area contributed by atoms with Gasteiger partial charge in [-0.3, -0.25) is 9.59 Å². The minimum absolute atomic E-state index is 0.0530. The molecule has 0 bridgehead atoms. The second-order valence-electron chi connectivity index (χ2n) is 4.77. The summed E-state index contributed by atoms with van der Waals surface area (Å²) in [6.07, 6.45) is -0.128. The molecule has 0 amide bonds. The standard InChI is InChI=1S/C14H17ClN2O6/c1-7-16-10(9(12(18)20-2)13(19)21-3)8(11(15)17-7)14-22-5-4-6-23-14/h9,14H,4-6H2,1-3H3. The minimum atomic E-state index is -1.40. The first-order valence-electron chi connectivity index (χ1n) is 6.92. The number of rotatable bonds is 4. The van der Waals surface area contributed by atoms with Crippen LogP contribution in [0, 0.1) is 6.92 Å². The Morgan fingerprint density at radius 3 is 2.26 bits per heavy atom. The van der Waals surface area contributed by atoms with Gasteiger partial charge in [-0.25, -0.2) is 9.97 Å². The number of ether oxygens (including phenoxy) is 4. The zero-order valence-corrected chi connectivity index (χ0v) is 13.8. The van der Waals surface area contributed by atoms with Crippen molar-refractivity contribution >= 4 is 23.5 Å². The van der Waals surface area contributed by atoms with Crippen LogP contribution in [-0.2, 0) is 28.5 Å². The van der Waals surface area contributed by atoms with E-state index in [9.17, 15) is 9.59 Å². The molecule has 0 atom stereocenters. The summed E-state index contributed by atoms with van der Waals surface area (Å²) in [5.41, 5.74) is 0.297. The Morgan fingerprint density at radius 2 is 1.74 bits per heavy atom. The average molecular weight is 345 g/mol. The molecule has 1 aliphatic heterocycles. The number of hydrogen-bond donors (Lipinski definition) is 0. The van der Waals surface area contributed by atoms with E-state index in [0.717, 1.165) is 6.42 Å². The van der Waals surface area contributed by atoms with Crippen molar-refractivity contribution in [1.82, 2.24) is 9.97 Å². The normalized spacial score (nSPS) is 15.5. The van der Waals surface area contributed by atoms with Gasteiger partial charge in [0.25, 0.3) is 0 Å². The van der Waals surface area contributed by atoms with E-state index in [1.807, 2.05) is 0 Å². The molecule has 0 spiro atoms. The third-order valence-electron chi connectivity index (χ3n) is 3.25. The van der Waals surface area contributed by atoms with Crippen molar-refractivity contribution in [1.29, 1.82) is 0 Å². The van der Waals surface area contributed by atoms with Gasteiger partial charge < -0.3 is 18.9 Å². The lowest BCUT2D eigenvalue weighted by Crippen LogP contribution is -2.29. The third-order valence-corrected chi connectivity index (χ3v) is 3.54. The van der Waals surface area contributed by atoms with Crippen molar-refractivity contribution < 1.29 is 28.5 Å². The van der Waals surface area contributed by atoms with Crippen LogP contribution in [-0.4, -0.2) is 49.3 Å². The van der Waals surface area contributed by atoms with Crippen molar-refractivity contribution in [2.75, 3.05) is 27.4 Å². The van der Waals surface area contributed by atoms with E-state index in [-0.39, 0.29) is 16.4 Å². The van der Waals surface area contributed by atoms with E-state index >= 15 is 0 Å². The number of esters is 2. The SMILES string of the molecule is COC(=O)C(C(=O)OC)c1nc(C)nc(Cl)c1C1OCCCO1. The van der Waals surface area contributed by atoms with Crippen molar-refractivity contribution in [2.24, 2.45) is 0 Å². The summed E-state index contributed by atoms with van der Waals surface area (Å²) < 4.78 is 20.4. The molecule has 0 saturated carbocycles. The fraction of sp³-hybridized carbons (Fsp3) is 0.571. The van der Waals surface area contributed by atoms with E-state index < -0.39 is 24.1 Å². The van der Waals surface area contributed by atoms with Crippen LogP contribution in [0.3, 0.4) is 0 Å².